The monoisotopic (exact) mass is 568 g/mol. The predicted molar refractivity (Wildman–Crippen MR) is 148 cm³/mol. The second kappa shape index (κ2) is 8.67. The number of hydrogen-bond acceptors (Lipinski definition) is 4. The summed E-state index contributed by atoms with van der Waals surface area (Å²) < 4.78 is 7.99. The van der Waals surface area contributed by atoms with Crippen LogP contribution in [-0.2, 0) is 23.1 Å². The van der Waals surface area contributed by atoms with Crippen molar-refractivity contribution >= 4 is 27.8 Å². The van der Waals surface area contributed by atoms with E-state index in [1.807, 2.05) is 25.3 Å². The molecule has 2 aromatic rings. The predicted octanol–water partition coefficient (Wildman–Crippen LogP) is 6.80. The average Bonchev–Trinajstić information content (AvgIpc) is 3.54. The summed E-state index contributed by atoms with van der Waals surface area (Å²) in [5.41, 5.74) is 3.36. The van der Waals surface area contributed by atoms with Crippen molar-refractivity contribution in [1.29, 1.82) is 0 Å². The van der Waals surface area contributed by atoms with E-state index in [1.165, 1.54) is 16.8 Å². The number of Topliss-reactive ketones (excluding diaryl/α,β-unsaturated/α-hetero) is 1. The molecule has 37 heavy (non-hydrogen) atoms. The van der Waals surface area contributed by atoms with E-state index in [0.717, 1.165) is 43.6 Å². The molecule has 6 rings (SSSR count). The van der Waals surface area contributed by atoms with Crippen molar-refractivity contribution in [2.24, 2.45) is 39.9 Å². The number of aliphatic hydroxyl groups excluding tert-OH is 1. The number of rotatable bonds is 5. The normalized spacial score (nSPS) is 40.4. The number of hydrogen-bond donors (Lipinski definition) is 1. The number of aromatic nitrogens is 2. The molecule has 2 heterocycles. The third kappa shape index (κ3) is 3.43. The van der Waals surface area contributed by atoms with Crippen LogP contribution in [-0.4, -0.2) is 26.8 Å². The SMILES string of the molecule is CCC(=O)C1(C)[C@H](C)C[C@H]2[C@@H]3CCC4=Cc5c(cnn5Cc5ccc(CBr)o5)C[C@]4(C)[C@H]3[C@@H](O)C[C@@]21C. The van der Waals surface area contributed by atoms with Crippen molar-refractivity contribution in [2.75, 3.05) is 0 Å². The van der Waals surface area contributed by atoms with E-state index in [-0.39, 0.29) is 22.2 Å². The van der Waals surface area contributed by atoms with E-state index in [1.54, 1.807) is 0 Å². The first-order valence-corrected chi connectivity index (χ1v) is 15.3. The maximum Gasteiger partial charge on any atom is 0.139 e. The molecular formula is C31H41BrN2O3. The van der Waals surface area contributed by atoms with Gasteiger partial charge in [0.1, 0.15) is 17.3 Å². The van der Waals surface area contributed by atoms with Crippen molar-refractivity contribution in [3.8, 4) is 0 Å². The number of carbonyl (C=O) groups is 1. The molecule has 3 saturated carbocycles. The Morgan fingerprint density at radius 3 is 2.73 bits per heavy atom. The number of aliphatic hydroxyl groups is 1. The van der Waals surface area contributed by atoms with Gasteiger partial charge in [-0.15, -0.1) is 0 Å². The molecule has 4 aliphatic rings. The first-order valence-electron chi connectivity index (χ1n) is 14.2. The first kappa shape index (κ1) is 25.6. The molecule has 3 fully saturated rings. The number of nitrogens with zero attached hydrogens (tertiary/aromatic N) is 2. The van der Waals surface area contributed by atoms with E-state index >= 15 is 0 Å². The fraction of sp³-hybridized carbons (Fsp3) is 0.677. The van der Waals surface area contributed by atoms with Gasteiger partial charge in [-0.05, 0) is 90.4 Å². The number of allylic oxidation sites excluding steroid dienone is 1. The van der Waals surface area contributed by atoms with Gasteiger partial charge in [-0.2, -0.15) is 5.10 Å². The quantitative estimate of drug-likeness (QED) is 0.402. The molecule has 200 valence electrons. The molecule has 0 amide bonds. The summed E-state index contributed by atoms with van der Waals surface area (Å²) >= 11 is 3.46. The Morgan fingerprint density at radius 1 is 1.27 bits per heavy atom. The van der Waals surface area contributed by atoms with Crippen LogP contribution in [0.4, 0.5) is 0 Å². The van der Waals surface area contributed by atoms with E-state index < -0.39 is 6.10 Å². The van der Waals surface area contributed by atoms with Gasteiger partial charge >= 0.3 is 0 Å². The Morgan fingerprint density at radius 2 is 2.03 bits per heavy atom. The van der Waals surface area contributed by atoms with Gasteiger partial charge in [-0.25, -0.2) is 0 Å². The summed E-state index contributed by atoms with van der Waals surface area (Å²) in [7, 11) is 0. The van der Waals surface area contributed by atoms with Crippen molar-refractivity contribution in [3.05, 3.63) is 46.7 Å². The van der Waals surface area contributed by atoms with Gasteiger partial charge in [-0.3, -0.25) is 9.48 Å². The Balaban J connectivity index is 1.33. The molecule has 5 nitrogen and oxygen atoms in total. The van der Waals surface area contributed by atoms with Gasteiger partial charge in [-0.1, -0.05) is 56.1 Å². The highest BCUT2D eigenvalue weighted by Gasteiger charge is 2.68. The lowest BCUT2D eigenvalue weighted by atomic mass is 9.44. The van der Waals surface area contributed by atoms with Crippen LogP contribution in [0.2, 0.25) is 0 Å². The van der Waals surface area contributed by atoms with Crippen LogP contribution >= 0.6 is 15.9 Å². The van der Waals surface area contributed by atoms with Crippen LogP contribution in [0.15, 0.2) is 28.3 Å². The van der Waals surface area contributed by atoms with Crippen LogP contribution in [0.25, 0.3) is 6.08 Å². The van der Waals surface area contributed by atoms with Crippen molar-refractivity contribution in [2.45, 2.75) is 91.1 Å². The molecule has 0 bridgehead atoms. The second-order valence-electron chi connectivity index (χ2n) is 13.1. The Labute approximate surface area is 229 Å². The minimum absolute atomic E-state index is 0.0741. The summed E-state index contributed by atoms with van der Waals surface area (Å²) in [4.78, 5) is 13.3. The van der Waals surface area contributed by atoms with Gasteiger partial charge in [0.2, 0.25) is 0 Å². The second-order valence-corrected chi connectivity index (χ2v) is 13.7. The van der Waals surface area contributed by atoms with Gasteiger partial charge in [0.05, 0.1) is 29.9 Å². The maximum absolute atomic E-state index is 13.3. The third-order valence-corrected chi connectivity index (χ3v) is 12.3. The molecule has 0 radical (unpaired) electrons. The van der Waals surface area contributed by atoms with Crippen molar-refractivity contribution < 1.29 is 14.3 Å². The number of halogens is 1. The molecule has 0 aromatic carbocycles. The fourth-order valence-electron chi connectivity index (χ4n) is 9.61. The summed E-state index contributed by atoms with van der Waals surface area (Å²) in [6, 6.07) is 4.04. The highest BCUT2D eigenvalue weighted by atomic mass is 79.9. The first-order chi connectivity index (χ1) is 17.6. The minimum atomic E-state index is -0.392. The zero-order valence-electron chi connectivity index (χ0n) is 22.9. The Bertz CT molecular complexity index is 1260. The van der Waals surface area contributed by atoms with E-state index in [2.05, 4.69) is 54.4 Å². The Kier molecular flexibility index (Phi) is 6.00. The number of ketones is 1. The van der Waals surface area contributed by atoms with Crippen LogP contribution in [0.5, 0.6) is 0 Å². The molecule has 1 N–H and O–H groups in total. The van der Waals surface area contributed by atoms with Gasteiger partial charge < -0.3 is 9.52 Å². The molecular weight excluding hydrogens is 528 g/mol. The molecule has 1 unspecified atom stereocenters. The zero-order chi connectivity index (χ0) is 26.3. The van der Waals surface area contributed by atoms with Gasteiger partial charge in [0.15, 0.2) is 0 Å². The average molecular weight is 570 g/mol. The molecule has 6 heteroatoms. The molecule has 8 atom stereocenters. The molecule has 2 aromatic heterocycles. The standard InChI is InChI=1S/C31H41BrN2O3/c1-6-27(36)31(5)18(2)11-24-23-10-7-20-12-25-19(13-29(20,3)28(23)26(35)14-30(24,31)4)16-33-34(25)17-22-9-8-21(15-32)37-22/h8-9,12,16,18,23-24,26,28,35H,6-7,10-11,13-15,17H2,1-5H3/t18-,23+,24+,26+,28-,29+,30+,31?/m1/s1. The number of furan rings is 1. The van der Waals surface area contributed by atoms with Crippen LogP contribution < -0.4 is 0 Å². The molecule has 0 saturated heterocycles. The summed E-state index contributed by atoms with van der Waals surface area (Å²) in [6.07, 6.45) is 9.50. The van der Waals surface area contributed by atoms with Crippen LogP contribution in [0.3, 0.4) is 0 Å². The lowest BCUT2D eigenvalue weighted by molar-refractivity contribution is -0.158. The lowest BCUT2D eigenvalue weighted by Crippen LogP contribution is -2.59. The number of carbonyl (C=O) groups excluding carboxylic acids is 1. The van der Waals surface area contributed by atoms with Gasteiger partial charge in [0, 0.05) is 11.8 Å². The van der Waals surface area contributed by atoms with Crippen molar-refractivity contribution in [1.82, 2.24) is 9.78 Å². The highest BCUT2D eigenvalue weighted by Crippen LogP contribution is 2.71. The molecule has 0 aliphatic heterocycles. The topological polar surface area (TPSA) is 68.3 Å². The van der Waals surface area contributed by atoms with Crippen LogP contribution in [0.1, 0.15) is 89.5 Å². The third-order valence-electron chi connectivity index (χ3n) is 11.7. The van der Waals surface area contributed by atoms with E-state index in [9.17, 15) is 9.90 Å². The van der Waals surface area contributed by atoms with Crippen LogP contribution in [0, 0.1) is 39.9 Å². The summed E-state index contributed by atoms with van der Waals surface area (Å²) in [5.74, 6) is 3.74. The minimum Gasteiger partial charge on any atom is -0.463 e. The fourth-order valence-corrected chi connectivity index (χ4v) is 9.91. The smallest absolute Gasteiger partial charge is 0.139 e. The molecule has 4 aliphatic carbocycles. The molecule has 0 spiro atoms. The number of alkyl halides is 1. The largest absolute Gasteiger partial charge is 0.463 e. The lowest BCUT2D eigenvalue weighted by Gasteiger charge is -2.61. The Hall–Kier alpha value is -1.66. The summed E-state index contributed by atoms with van der Waals surface area (Å²) in [5, 5.41) is 17.4. The summed E-state index contributed by atoms with van der Waals surface area (Å²) in [6.45, 7) is 11.9. The van der Waals surface area contributed by atoms with E-state index in [4.69, 9.17) is 9.52 Å². The van der Waals surface area contributed by atoms with E-state index in [0.29, 0.717) is 41.8 Å². The highest BCUT2D eigenvalue weighted by molar-refractivity contribution is 9.08. The zero-order valence-corrected chi connectivity index (χ0v) is 24.5. The maximum atomic E-state index is 13.3. The van der Waals surface area contributed by atoms with Crippen molar-refractivity contribution in [3.63, 3.8) is 0 Å². The van der Waals surface area contributed by atoms with Gasteiger partial charge in [0.25, 0.3) is 0 Å². The number of fused-ring (bicyclic) bond motifs is 6.